The lowest BCUT2D eigenvalue weighted by Gasteiger charge is -2.40. The first-order chi connectivity index (χ1) is 15.3. The molecule has 1 N–H and O–H groups in total. The number of hydrogen-bond acceptors (Lipinski definition) is 4. The van der Waals surface area contributed by atoms with E-state index < -0.39 is 0 Å². The highest BCUT2D eigenvalue weighted by Gasteiger charge is 2.31. The fraction of sp³-hybridized carbons (Fsp3) is 0.160. The minimum atomic E-state index is -0.0562. The maximum Gasteiger partial charge on any atom is 0.246 e. The Hall–Kier alpha value is -3.93. The zero-order valence-electron chi connectivity index (χ0n) is 17.0. The van der Waals surface area contributed by atoms with Gasteiger partial charge in [0.25, 0.3) is 0 Å². The van der Waals surface area contributed by atoms with Gasteiger partial charge in [0.1, 0.15) is 12.4 Å². The fourth-order valence-corrected chi connectivity index (χ4v) is 4.02. The number of rotatable bonds is 6. The number of aromatic amines is 1. The molecule has 1 aromatic carbocycles. The van der Waals surface area contributed by atoms with Crippen molar-refractivity contribution in [3.8, 4) is 28.1 Å². The topological polar surface area (TPSA) is 71.1 Å². The van der Waals surface area contributed by atoms with Crippen LogP contribution in [0.5, 0.6) is 5.75 Å². The van der Waals surface area contributed by atoms with Gasteiger partial charge in [-0.15, -0.1) is 0 Å². The Morgan fingerprint density at radius 1 is 1.19 bits per heavy atom. The van der Waals surface area contributed by atoms with Crippen LogP contribution in [0, 0.1) is 0 Å². The molecule has 0 saturated carbocycles. The molecular weight excluding hydrogens is 388 g/mol. The van der Waals surface area contributed by atoms with Gasteiger partial charge in [0.2, 0.25) is 5.91 Å². The predicted octanol–water partition coefficient (Wildman–Crippen LogP) is 4.46. The summed E-state index contributed by atoms with van der Waals surface area (Å²) in [5, 5.41) is 0. The first-order valence-electron chi connectivity index (χ1n) is 10.3. The van der Waals surface area contributed by atoms with E-state index in [2.05, 4.69) is 33.7 Å². The third kappa shape index (κ3) is 3.46. The van der Waals surface area contributed by atoms with Gasteiger partial charge in [0.05, 0.1) is 29.0 Å². The maximum atomic E-state index is 11.9. The van der Waals surface area contributed by atoms with E-state index in [0.29, 0.717) is 12.4 Å². The number of likely N-dealkylation sites (tertiary alicyclic amines) is 1. The molecular formula is C25H22N4O2. The average molecular weight is 410 g/mol. The van der Waals surface area contributed by atoms with Crippen LogP contribution in [0.1, 0.15) is 6.42 Å². The molecule has 1 saturated heterocycles. The molecule has 5 rings (SSSR count). The van der Waals surface area contributed by atoms with E-state index in [1.807, 2.05) is 36.4 Å². The van der Waals surface area contributed by atoms with Crippen molar-refractivity contribution < 1.29 is 9.53 Å². The lowest BCUT2D eigenvalue weighted by molar-refractivity contribution is -0.134. The molecule has 154 valence electrons. The molecule has 0 spiro atoms. The minimum absolute atomic E-state index is 0.0523. The van der Waals surface area contributed by atoms with Gasteiger partial charge < -0.3 is 14.6 Å². The third-order valence-electron chi connectivity index (χ3n) is 5.70. The second-order valence-corrected chi connectivity index (χ2v) is 7.50. The highest BCUT2D eigenvalue weighted by molar-refractivity contribution is 6.02. The first-order valence-corrected chi connectivity index (χ1v) is 10.3. The quantitative estimate of drug-likeness (QED) is 0.477. The maximum absolute atomic E-state index is 11.9. The summed E-state index contributed by atoms with van der Waals surface area (Å²) in [5.74, 6) is 0.614. The predicted molar refractivity (Wildman–Crippen MR) is 121 cm³/mol. The molecule has 1 fully saturated rings. The lowest BCUT2D eigenvalue weighted by atomic mass is 10.0. The monoisotopic (exact) mass is 410 g/mol. The van der Waals surface area contributed by atoms with E-state index in [9.17, 15) is 4.79 Å². The van der Waals surface area contributed by atoms with Crippen LogP contribution >= 0.6 is 0 Å². The summed E-state index contributed by atoms with van der Waals surface area (Å²) in [6, 6.07) is 16.1. The van der Waals surface area contributed by atoms with Crippen molar-refractivity contribution >= 4 is 16.9 Å². The molecule has 1 amide bonds. The Bertz CT molecular complexity index is 1250. The molecule has 0 bridgehead atoms. The van der Waals surface area contributed by atoms with Gasteiger partial charge in [0.15, 0.2) is 0 Å². The lowest BCUT2D eigenvalue weighted by Crippen LogP contribution is -2.53. The van der Waals surface area contributed by atoms with Crippen molar-refractivity contribution in [2.24, 2.45) is 0 Å². The van der Waals surface area contributed by atoms with Gasteiger partial charge in [-0.2, -0.15) is 0 Å². The van der Waals surface area contributed by atoms with Gasteiger partial charge in [-0.3, -0.25) is 14.8 Å². The van der Waals surface area contributed by atoms with Crippen LogP contribution in [0.15, 0.2) is 79.8 Å². The van der Waals surface area contributed by atoms with Gasteiger partial charge in [-0.1, -0.05) is 36.9 Å². The highest BCUT2D eigenvalue weighted by Crippen LogP contribution is 2.40. The van der Waals surface area contributed by atoms with Crippen LogP contribution in [0.4, 0.5) is 0 Å². The van der Waals surface area contributed by atoms with E-state index in [-0.39, 0.29) is 11.9 Å². The molecule has 6 heteroatoms. The number of aromatic nitrogens is 3. The molecule has 0 aliphatic carbocycles. The van der Waals surface area contributed by atoms with Crippen LogP contribution in [0.2, 0.25) is 0 Å². The van der Waals surface area contributed by atoms with E-state index >= 15 is 0 Å². The fourth-order valence-electron chi connectivity index (χ4n) is 4.02. The summed E-state index contributed by atoms with van der Waals surface area (Å²) < 4.78 is 6.18. The molecule has 31 heavy (non-hydrogen) atoms. The smallest absolute Gasteiger partial charge is 0.246 e. The summed E-state index contributed by atoms with van der Waals surface area (Å²) >= 11 is 0. The summed E-state index contributed by atoms with van der Waals surface area (Å²) in [6.07, 6.45) is 7.55. The SMILES string of the molecule is C=CC(=O)N1CC[C@@H]1COc1cnccc1-c1[nH]c2cccnc2c1-c1ccccc1. The summed E-state index contributed by atoms with van der Waals surface area (Å²) in [5.41, 5.74) is 5.82. The number of amides is 1. The van der Waals surface area contributed by atoms with Crippen molar-refractivity contribution in [1.82, 2.24) is 19.9 Å². The Kier molecular flexibility index (Phi) is 4.96. The average Bonchev–Trinajstić information content (AvgIpc) is 3.18. The van der Waals surface area contributed by atoms with Gasteiger partial charge >= 0.3 is 0 Å². The zero-order valence-corrected chi connectivity index (χ0v) is 17.0. The standard InChI is InChI=1S/C25H22N4O2/c1-2-22(30)29-14-11-18(29)16-31-21-15-26-13-10-19(21)24-23(17-7-4-3-5-8-17)25-20(28-24)9-6-12-27-25/h2-10,12-13,15,18,28H,1,11,14,16H2/t18-/m1/s1. The van der Waals surface area contributed by atoms with Crippen LogP contribution in [0.3, 0.4) is 0 Å². The summed E-state index contributed by atoms with van der Waals surface area (Å²) in [7, 11) is 0. The Morgan fingerprint density at radius 2 is 2.06 bits per heavy atom. The molecule has 0 unspecified atom stereocenters. The largest absolute Gasteiger partial charge is 0.489 e. The van der Waals surface area contributed by atoms with Gasteiger partial charge in [0, 0.05) is 30.1 Å². The number of carbonyl (C=O) groups is 1. The van der Waals surface area contributed by atoms with Crippen molar-refractivity contribution in [3.63, 3.8) is 0 Å². The second-order valence-electron chi connectivity index (χ2n) is 7.50. The van der Waals surface area contributed by atoms with Crippen molar-refractivity contribution in [2.75, 3.05) is 13.2 Å². The van der Waals surface area contributed by atoms with E-state index in [4.69, 9.17) is 4.74 Å². The summed E-state index contributed by atoms with van der Waals surface area (Å²) in [6.45, 7) is 4.73. The molecule has 4 heterocycles. The van der Waals surface area contributed by atoms with Crippen LogP contribution < -0.4 is 4.74 Å². The number of hydrogen-bond donors (Lipinski definition) is 1. The van der Waals surface area contributed by atoms with Crippen LogP contribution in [0.25, 0.3) is 33.4 Å². The Morgan fingerprint density at radius 3 is 2.84 bits per heavy atom. The van der Waals surface area contributed by atoms with Crippen LogP contribution in [-0.4, -0.2) is 45.0 Å². The normalized spacial score (nSPS) is 15.5. The molecule has 4 aromatic rings. The number of carbonyl (C=O) groups excluding carboxylic acids is 1. The van der Waals surface area contributed by atoms with E-state index in [0.717, 1.165) is 46.4 Å². The van der Waals surface area contributed by atoms with Crippen molar-refractivity contribution in [1.29, 1.82) is 0 Å². The number of benzene rings is 1. The third-order valence-corrected chi connectivity index (χ3v) is 5.70. The zero-order chi connectivity index (χ0) is 21.2. The van der Waals surface area contributed by atoms with Gasteiger partial charge in [-0.25, -0.2) is 0 Å². The molecule has 6 nitrogen and oxygen atoms in total. The molecule has 1 aliphatic rings. The molecule has 1 aliphatic heterocycles. The highest BCUT2D eigenvalue weighted by atomic mass is 16.5. The Balaban J connectivity index is 1.53. The molecule has 0 radical (unpaired) electrons. The minimum Gasteiger partial charge on any atom is -0.489 e. The number of pyridine rings is 2. The van der Waals surface area contributed by atoms with Crippen molar-refractivity contribution in [3.05, 3.63) is 79.8 Å². The Labute approximate surface area is 180 Å². The van der Waals surface area contributed by atoms with Crippen LogP contribution in [-0.2, 0) is 4.79 Å². The number of fused-ring (bicyclic) bond motifs is 1. The number of nitrogens with one attached hydrogen (secondary N) is 1. The van der Waals surface area contributed by atoms with Crippen molar-refractivity contribution in [2.45, 2.75) is 12.5 Å². The number of nitrogens with zero attached hydrogens (tertiary/aromatic N) is 3. The molecule has 1 atom stereocenters. The van der Waals surface area contributed by atoms with Gasteiger partial charge in [-0.05, 0) is 36.3 Å². The number of H-pyrrole nitrogens is 1. The summed E-state index contributed by atoms with van der Waals surface area (Å²) in [4.78, 5) is 26.1. The second kappa shape index (κ2) is 8.07. The van der Waals surface area contributed by atoms with E-state index in [1.165, 1.54) is 6.08 Å². The first kappa shape index (κ1) is 19.1. The van der Waals surface area contributed by atoms with E-state index in [1.54, 1.807) is 23.5 Å². The number of ether oxygens (including phenoxy) is 1. The molecule has 3 aromatic heterocycles.